The molecule has 2 heterocycles. The van der Waals surface area contributed by atoms with Gasteiger partial charge in [0.15, 0.2) is 0 Å². The summed E-state index contributed by atoms with van der Waals surface area (Å²) in [6.45, 7) is 4.96. The van der Waals surface area contributed by atoms with Gasteiger partial charge in [-0.2, -0.15) is 5.10 Å². The van der Waals surface area contributed by atoms with E-state index in [2.05, 4.69) is 25.9 Å². The Bertz CT molecular complexity index is 463. The molecule has 19 heavy (non-hydrogen) atoms. The normalized spacial score (nSPS) is 17.8. The highest BCUT2D eigenvalue weighted by atomic mass is 79.9. The van der Waals surface area contributed by atoms with Gasteiger partial charge in [-0.15, -0.1) is 0 Å². The fraction of sp³-hybridized carbons (Fsp3) is 0.692. The van der Waals surface area contributed by atoms with E-state index in [1.54, 1.807) is 0 Å². The van der Waals surface area contributed by atoms with Gasteiger partial charge in [0, 0.05) is 20.0 Å². The Morgan fingerprint density at radius 2 is 2.11 bits per heavy atom. The van der Waals surface area contributed by atoms with E-state index in [1.165, 1.54) is 5.69 Å². The number of amides is 1. The van der Waals surface area contributed by atoms with Crippen molar-refractivity contribution in [3.63, 3.8) is 0 Å². The van der Waals surface area contributed by atoms with Crippen LogP contribution in [-0.4, -0.2) is 33.7 Å². The number of likely N-dealkylation sites (tertiary alicyclic amines) is 1. The number of aryl methyl sites for hydroxylation is 2. The molecule has 0 aliphatic carbocycles. The van der Waals surface area contributed by atoms with Crippen LogP contribution in [0.3, 0.4) is 0 Å². The lowest BCUT2D eigenvalue weighted by Gasteiger charge is -2.31. The van der Waals surface area contributed by atoms with Crippen molar-refractivity contribution in [1.82, 2.24) is 14.7 Å². The van der Waals surface area contributed by atoms with Gasteiger partial charge in [0.1, 0.15) is 0 Å². The molecule has 6 heteroatoms. The van der Waals surface area contributed by atoms with Crippen molar-refractivity contribution < 1.29 is 4.79 Å². The molecule has 1 saturated heterocycles. The number of aromatic nitrogens is 2. The third kappa shape index (κ3) is 3.57. The van der Waals surface area contributed by atoms with Crippen molar-refractivity contribution in [1.29, 1.82) is 0 Å². The quantitative estimate of drug-likeness (QED) is 0.912. The maximum Gasteiger partial charge on any atom is 0.217 e. The molecule has 2 rings (SSSR count). The molecule has 0 unspecified atom stereocenters. The lowest BCUT2D eigenvalue weighted by atomic mass is 9.93. The summed E-state index contributed by atoms with van der Waals surface area (Å²) in [5, 5.41) is 4.41. The van der Waals surface area contributed by atoms with Crippen LogP contribution in [0.5, 0.6) is 0 Å². The number of hydrogen-bond donors (Lipinski definition) is 1. The first-order chi connectivity index (χ1) is 8.97. The fourth-order valence-corrected chi connectivity index (χ4v) is 3.16. The summed E-state index contributed by atoms with van der Waals surface area (Å²) in [5.41, 5.74) is 7.50. The van der Waals surface area contributed by atoms with Crippen LogP contribution >= 0.6 is 15.9 Å². The number of carbonyl (C=O) groups is 1. The van der Waals surface area contributed by atoms with Crippen LogP contribution in [0, 0.1) is 12.8 Å². The first kappa shape index (κ1) is 14.5. The SMILES string of the molecule is Cc1nn(C)c(CN2CCC(CC(N)=O)CC2)c1Br. The molecule has 1 aliphatic heterocycles. The van der Waals surface area contributed by atoms with E-state index in [0.29, 0.717) is 12.3 Å². The number of nitrogens with zero attached hydrogens (tertiary/aromatic N) is 3. The predicted molar refractivity (Wildman–Crippen MR) is 77.5 cm³/mol. The highest BCUT2D eigenvalue weighted by Crippen LogP contribution is 2.25. The summed E-state index contributed by atoms with van der Waals surface area (Å²) >= 11 is 3.60. The summed E-state index contributed by atoms with van der Waals surface area (Å²) in [4.78, 5) is 13.3. The zero-order chi connectivity index (χ0) is 14.0. The smallest absolute Gasteiger partial charge is 0.217 e. The molecule has 1 fully saturated rings. The number of carbonyl (C=O) groups excluding carboxylic acids is 1. The van der Waals surface area contributed by atoms with Crippen LogP contribution in [-0.2, 0) is 18.4 Å². The second-order valence-electron chi connectivity index (χ2n) is 5.36. The average molecular weight is 329 g/mol. The third-order valence-corrected chi connectivity index (χ3v) is 4.86. The minimum absolute atomic E-state index is 0.177. The number of primary amides is 1. The summed E-state index contributed by atoms with van der Waals surface area (Å²) in [5.74, 6) is 0.286. The largest absolute Gasteiger partial charge is 0.370 e. The van der Waals surface area contributed by atoms with Gasteiger partial charge in [-0.05, 0) is 54.7 Å². The molecule has 0 spiro atoms. The zero-order valence-electron chi connectivity index (χ0n) is 11.5. The molecule has 2 N–H and O–H groups in total. The van der Waals surface area contributed by atoms with Crippen molar-refractivity contribution in [2.45, 2.75) is 32.7 Å². The summed E-state index contributed by atoms with van der Waals surface area (Å²) in [6.07, 6.45) is 2.64. The lowest BCUT2D eigenvalue weighted by molar-refractivity contribution is -0.119. The highest BCUT2D eigenvalue weighted by molar-refractivity contribution is 9.10. The Labute approximate surface area is 122 Å². The van der Waals surface area contributed by atoms with Crippen molar-refractivity contribution >= 4 is 21.8 Å². The van der Waals surface area contributed by atoms with Crippen LogP contribution in [0.4, 0.5) is 0 Å². The second-order valence-corrected chi connectivity index (χ2v) is 6.15. The lowest BCUT2D eigenvalue weighted by Crippen LogP contribution is -2.35. The van der Waals surface area contributed by atoms with E-state index < -0.39 is 0 Å². The number of nitrogens with two attached hydrogens (primary N) is 1. The van der Waals surface area contributed by atoms with E-state index in [4.69, 9.17) is 5.73 Å². The third-order valence-electron chi connectivity index (χ3n) is 3.83. The zero-order valence-corrected chi connectivity index (χ0v) is 13.1. The first-order valence-electron chi connectivity index (χ1n) is 6.66. The van der Waals surface area contributed by atoms with Crippen LogP contribution in [0.15, 0.2) is 4.47 Å². The Morgan fingerprint density at radius 1 is 1.47 bits per heavy atom. The Balaban J connectivity index is 1.90. The first-order valence-corrected chi connectivity index (χ1v) is 7.45. The van der Waals surface area contributed by atoms with Gasteiger partial charge in [-0.3, -0.25) is 14.4 Å². The molecule has 1 aromatic heterocycles. The van der Waals surface area contributed by atoms with Gasteiger partial charge >= 0.3 is 0 Å². The molecular weight excluding hydrogens is 308 g/mol. The van der Waals surface area contributed by atoms with Crippen LogP contribution in [0.1, 0.15) is 30.7 Å². The van der Waals surface area contributed by atoms with Crippen molar-refractivity contribution in [3.05, 3.63) is 15.9 Å². The minimum atomic E-state index is -0.177. The molecule has 0 bridgehead atoms. The molecule has 0 radical (unpaired) electrons. The Morgan fingerprint density at radius 3 is 2.58 bits per heavy atom. The summed E-state index contributed by atoms with van der Waals surface area (Å²) < 4.78 is 3.05. The summed E-state index contributed by atoms with van der Waals surface area (Å²) in [7, 11) is 1.98. The van der Waals surface area contributed by atoms with Crippen molar-refractivity contribution in [3.8, 4) is 0 Å². The molecule has 1 aromatic rings. The molecule has 5 nitrogen and oxygen atoms in total. The highest BCUT2D eigenvalue weighted by Gasteiger charge is 2.22. The van der Waals surface area contributed by atoms with Crippen molar-refractivity contribution in [2.24, 2.45) is 18.7 Å². The van der Waals surface area contributed by atoms with Gasteiger partial charge < -0.3 is 5.73 Å². The van der Waals surface area contributed by atoms with Gasteiger partial charge in [-0.25, -0.2) is 0 Å². The molecular formula is C13H21BrN4O. The molecule has 1 aliphatic rings. The topological polar surface area (TPSA) is 64.2 Å². The number of rotatable bonds is 4. The molecule has 106 valence electrons. The Kier molecular flexibility index (Phi) is 4.62. The van der Waals surface area contributed by atoms with Gasteiger partial charge in [0.05, 0.1) is 15.9 Å². The van der Waals surface area contributed by atoms with E-state index in [9.17, 15) is 4.79 Å². The van der Waals surface area contributed by atoms with Gasteiger partial charge in [-0.1, -0.05) is 0 Å². The number of piperidine rings is 1. The Hall–Kier alpha value is -0.880. The van der Waals surface area contributed by atoms with Crippen LogP contribution < -0.4 is 5.73 Å². The standard InChI is InChI=1S/C13H21BrN4O/c1-9-13(14)11(17(2)16-9)8-18-5-3-10(4-6-18)7-12(15)19/h10H,3-8H2,1-2H3,(H2,15,19). The maximum atomic E-state index is 10.9. The maximum absolute atomic E-state index is 10.9. The van der Waals surface area contributed by atoms with Crippen molar-refractivity contribution in [2.75, 3.05) is 13.1 Å². The minimum Gasteiger partial charge on any atom is -0.370 e. The molecule has 0 saturated carbocycles. The van der Waals surface area contributed by atoms with E-state index in [0.717, 1.165) is 42.6 Å². The molecule has 0 atom stereocenters. The number of hydrogen-bond acceptors (Lipinski definition) is 3. The monoisotopic (exact) mass is 328 g/mol. The van der Waals surface area contributed by atoms with E-state index >= 15 is 0 Å². The average Bonchev–Trinajstić information content (AvgIpc) is 2.58. The predicted octanol–water partition coefficient (Wildman–Crippen LogP) is 1.58. The van der Waals surface area contributed by atoms with E-state index in [1.807, 2.05) is 18.7 Å². The van der Waals surface area contributed by atoms with Gasteiger partial charge in [0.25, 0.3) is 0 Å². The second kappa shape index (κ2) is 6.05. The molecule has 0 aromatic carbocycles. The number of halogens is 1. The van der Waals surface area contributed by atoms with E-state index in [-0.39, 0.29) is 5.91 Å². The summed E-state index contributed by atoms with van der Waals surface area (Å²) in [6, 6.07) is 0. The molecule has 1 amide bonds. The van der Waals surface area contributed by atoms with Crippen LogP contribution in [0.2, 0.25) is 0 Å². The fourth-order valence-electron chi connectivity index (χ4n) is 2.70. The van der Waals surface area contributed by atoms with Gasteiger partial charge in [0.2, 0.25) is 5.91 Å². The van der Waals surface area contributed by atoms with Crippen LogP contribution in [0.25, 0.3) is 0 Å².